The highest BCUT2D eigenvalue weighted by atomic mass is 127. The Morgan fingerprint density at radius 3 is 2.73 bits per heavy atom. The van der Waals surface area contributed by atoms with Crippen LogP contribution in [0.4, 0.5) is 0 Å². The largest absolute Gasteiger partial charge is 0.357 e. The molecule has 142 valence electrons. The Kier molecular flexibility index (Phi) is 10.8. The van der Waals surface area contributed by atoms with E-state index in [1.165, 1.54) is 4.88 Å². The molecule has 0 radical (unpaired) electrons. The molecule has 0 aliphatic rings. The van der Waals surface area contributed by atoms with Crippen LogP contribution in [0.2, 0.25) is 0 Å². The molecule has 2 rings (SSSR count). The first kappa shape index (κ1) is 22.9. The Hall–Kier alpha value is -1.13. The highest BCUT2D eigenvalue weighted by Gasteiger charge is 2.04. The molecule has 5 nitrogen and oxygen atoms in total. The number of carbonyl (C=O) groups is 1. The summed E-state index contributed by atoms with van der Waals surface area (Å²) in [5.41, 5.74) is 1.80. The minimum atomic E-state index is -0.0631. The van der Waals surface area contributed by atoms with Crippen molar-refractivity contribution in [1.82, 2.24) is 16.0 Å². The van der Waals surface area contributed by atoms with Crippen LogP contribution in [-0.2, 0) is 13.0 Å². The Bertz CT molecular complexity index is 735. The number of benzene rings is 1. The van der Waals surface area contributed by atoms with Gasteiger partial charge in [-0.2, -0.15) is 0 Å². The van der Waals surface area contributed by atoms with Crippen LogP contribution >= 0.6 is 51.2 Å². The van der Waals surface area contributed by atoms with E-state index < -0.39 is 0 Å². The highest BCUT2D eigenvalue weighted by Crippen LogP contribution is 2.20. The lowest BCUT2D eigenvalue weighted by Gasteiger charge is -2.11. The minimum Gasteiger partial charge on any atom is -0.357 e. The van der Waals surface area contributed by atoms with Gasteiger partial charge >= 0.3 is 0 Å². The van der Waals surface area contributed by atoms with Crippen LogP contribution in [-0.4, -0.2) is 32.0 Å². The molecule has 0 spiro atoms. The molecule has 0 atom stereocenters. The van der Waals surface area contributed by atoms with Gasteiger partial charge in [-0.3, -0.25) is 4.79 Å². The summed E-state index contributed by atoms with van der Waals surface area (Å²) in [5, 5.41) is 11.3. The third kappa shape index (κ3) is 7.63. The first-order valence-electron chi connectivity index (χ1n) is 8.18. The predicted octanol–water partition coefficient (Wildman–Crippen LogP) is 3.79. The summed E-state index contributed by atoms with van der Waals surface area (Å²) in [6.07, 6.45) is 0.819. The second-order valence-corrected chi connectivity index (χ2v) is 7.29. The number of rotatable bonds is 7. The lowest BCUT2D eigenvalue weighted by atomic mass is 10.1. The lowest BCUT2D eigenvalue weighted by Crippen LogP contribution is -2.38. The Morgan fingerprint density at radius 1 is 1.27 bits per heavy atom. The number of hydrogen-bond donors (Lipinski definition) is 3. The summed E-state index contributed by atoms with van der Waals surface area (Å²) in [4.78, 5) is 17.5. The highest BCUT2D eigenvalue weighted by molar-refractivity contribution is 14.0. The molecular formula is C18H24BrIN4OS. The summed E-state index contributed by atoms with van der Waals surface area (Å²) in [5.74, 6) is 0.737. The first-order valence-corrected chi connectivity index (χ1v) is 9.85. The van der Waals surface area contributed by atoms with Crippen LogP contribution in [0.3, 0.4) is 0 Å². The van der Waals surface area contributed by atoms with Gasteiger partial charge in [0.1, 0.15) is 0 Å². The summed E-state index contributed by atoms with van der Waals surface area (Å²) in [6.45, 7) is 4.26. The van der Waals surface area contributed by atoms with E-state index in [9.17, 15) is 4.79 Å². The van der Waals surface area contributed by atoms with Crippen molar-refractivity contribution in [2.45, 2.75) is 19.9 Å². The van der Waals surface area contributed by atoms with Crippen LogP contribution in [0.15, 0.2) is 45.2 Å². The normalized spacial score (nSPS) is 10.8. The van der Waals surface area contributed by atoms with Gasteiger partial charge in [-0.25, -0.2) is 4.99 Å². The topological polar surface area (TPSA) is 65.5 Å². The number of halogens is 2. The van der Waals surface area contributed by atoms with Crippen LogP contribution in [0, 0.1) is 0 Å². The number of amides is 1. The van der Waals surface area contributed by atoms with E-state index >= 15 is 0 Å². The Labute approximate surface area is 184 Å². The van der Waals surface area contributed by atoms with Crippen molar-refractivity contribution in [2.24, 2.45) is 4.99 Å². The molecule has 1 amide bonds. The summed E-state index contributed by atoms with van der Waals surface area (Å²) in [6, 6.07) is 9.77. The molecule has 0 bridgehead atoms. The average Bonchev–Trinajstić information content (AvgIpc) is 3.04. The number of hydrogen-bond acceptors (Lipinski definition) is 3. The van der Waals surface area contributed by atoms with Crippen molar-refractivity contribution >= 4 is 63.1 Å². The van der Waals surface area contributed by atoms with Gasteiger partial charge in [-0.15, -0.1) is 35.3 Å². The van der Waals surface area contributed by atoms with E-state index in [4.69, 9.17) is 0 Å². The predicted molar refractivity (Wildman–Crippen MR) is 124 cm³/mol. The molecule has 0 saturated carbocycles. The zero-order valence-electron chi connectivity index (χ0n) is 14.8. The minimum absolute atomic E-state index is 0. The molecule has 1 aromatic carbocycles. The third-order valence-electron chi connectivity index (χ3n) is 3.48. The number of thiophene rings is 1. The molecule has 0 aliphatic carbocycles. The maximum Gasteiger partial charge on any atom is 0.251 e. The van der Waals surface area contributed by atoms with E-state index in [-0.39, 0.29) is 29.9 Å². The van der Waals surface area contributed by atoms with Gasteiger partial charge in [0.2, 0.25) is 0 Å². The molecule has 1 heterocycles. The molecule has 3 N–H and O–H groups in total. The van der Waals surface area contributed by atoms with Crippen molar-refractivity contribution in [2.75, 3.05) is 20.1 Å². The molecule has 1 aromatic heterocycles. The summed E-state index contributed by atoms with van der Waals surface area (Å²) in [7, 11) is 1.64. The Morgan fingerprint density at radius 2 is 2.08 bits per heavy atom. The number of nitrogens with zero attached hydrogens (tertiary/aromatic N) is 1. The zero-order chi connectivity index (χ0) is 18.1. The number of aliphatic imine (C=N–C) groups is 1. The van der Waals surface area contributed by atoms with Crippen LogP contribution in [0.25, 0.3) is 0 Å². The fraction of sp³-hybridized carbons (Fsp3) is 0.333. The van der Waals surface area contributed by atoms with Crippen molar-refractivity contribution in [3.05, 3.63) is 56.2 Å². The smallest absolute Gasteiger partial charge is 0.251 e. The van der Waals surface area contributed by atoms with Crippen molar-refractivity contribution in [3.63, 3.8) is 0 Å². The second-order valence-electron chi connectivity index (χ2n) is 5.38. The molecular weight excluding hydrogens is 527 g/mol. The second kappa shape index (κ2) is 12.3. The van der Waals surface area contributed by atoms with Gasteiger partial charge in [0, 0.05) is 40.4 Å². The van der Waals surface area contributed by atoms with Crippen LogP contribution in [0.5, 0.6) is 0 Å². The van der Waals surface area contributed by atoms with E-state index in [2.05, 4.69) is 48.3 Å². The number of nitrogens with one attached hydrogen (secondary N) is 3. The van der Waals surface area contributed by atoms with Crippen molar-refractivity contribution in [3.8, 4) is 0 Å². The van der Waals surface area contributed by atoms with E-state index in [1.807, 2.05) is 31.2 Å². The fourth-order valence-electron chi connectivity index (χ4n) is 2.27. The van der Waals surface area contributed by atoms with Crippen LogP contribution in [0.1, 0.15) is 27.7 Å². The lowest BCUT2D eigenvalue weighted by molar-refractivity contribution is 0.0963. The third-order valence-corrected chi connectivity index (χ3v) is 5.16. The molecule has 0 saturated heterocycles. The quantitative estimate of drug-likeness (QED) is 0.279. The van der Waals surface area contributed by atoms with Crippen LogP contribution < -0.4 is 16.0 Å². The monoisotopic (exact) mass is 550 g/mol. The first-order chi connectivity index (χ1) is 12.1. The molecule has 0 fully saturated rings. The SMILES string of the molecule is CCNC(=NCc1cc(Br)cs1)NCCc1cccc(C(=O)NC)c1.I. The number of guanidine groups is 1. The standard InChI is InChI=1S/C18H23BrN4OS.HI/c1-3-21-18(23-11-16-10-15(19)12-25-16)22-8-7-13-5-4-6-14(9-13)17(24)20-2;/h4-6,9-10,12H,3,7-8,11H2,1-2H3,(H,20,24)(H2,21,22,23);1H. The van der Waals surface area contributed by atoms with Crippen molar-refractivity contribution in [1.29, 1.82) is 0 Å². The zero-order valence-corrected chi connectivity index (χ0v) is 19.6. The van der Waals surface area contributed by atoms with Gasteiger partial charge in [-0.05, 0) is 53.0 Å². The van der Waals surface area contributed by atoms with E-state index in [0.29, 0.717) is 12.1 Å². The van der Waals surface area contributed by atoms with Crippen molar-refractivity contribution < 1.29 is 4.79 Å². The van der Waals surface area contributed by atoms with E-state index in [0.717, 1.165) is 35.5 Å². The molecule has 2 aromatic rings. The molecule has 8 heteroatoms. The molecule has 0 unspecified atom stereocenters. The molecule has 0 aliphatic heterocycles. The van der Waals surface area contributed by atoms with Gasteiger partial charge in [0.05, 0.1) is 6.54 Å². The number of carbonyl (C=O) groups excluding carboxylic acids is 1. The van der Waals surface area contributed by atoms with Gasteiger partial charge in [0.15, 0.2) is 5.96 Å². The molecule has 26 heavy (non-hydrogen) atoms. The summed E-state index contributed by atoms with van der Waals surface area (Å²) >= 11 is 5.15. The summed E-state index contributed by atoms with van der Waals surface area (Å²) < 4.78 is 1.09. The Balaban J connectivity index is 0.00000338. The maximum atomic E-state index is 11.7. The van der Waals surface area contributed by atoms with E-state index in [1.54, 1.807) is 18.4 Å². The van der Waals surface area contributed by atoms with Gasteiger partial charge in [0.25, 0.3) is 5.91 Å². The van der Waals surface area contributed by atoms with Gasteiger partial charge < -0.3 is 16.0 Å². The average molecular weight is 551 g/mol. The fourth-order valence-corrected chi connectivity index (χ4v) is 3.65. The maximum absolute atomic E-state index is 11.7. The van der Waals surface area contributed by atoms with Gasteiger partial charge in [-0.1, -0.05) is 12.1 Å².